The zero-order chi connectivity index (χ0) is 21.1. The summed E-state index contributed by atoms with van der Waals surface area (Å²) in [6.07, 6.45) is 1.24. The number of piperazine rings is 1. The maximum Gasteiger partial charge on any atom is 0.239 e. The van der Waals surface area contributed by atoms with E-state index in [0.717, 1.165) is 56.5 Å². The highest BCUT2D eigenvalue weighted by atomic mass is 32.1. The van der Waals surface area contributed by atoms with Crippen LogP contribution in [-0.2, 0) is 11.3 Å². The first-order valence-corrected chi connectivity index (χ1v) is 12.1. The number of carbonyl (C=O) groups is 1. The maximum atomic E-state index is 13.1. The lowest BCUT2D eigenvalue weighted by atomic mass is 9.91. The molecule has 1 aromatic heterocycles. The summed E-state index contributed by atoms with van der Waals surface area (Å²) in [6, 6.07) is 10.4. The minimum absolute atomic E-state index is 0.0198. The number of nitrogens with zero attached hydrogens (tertiary/aromatic N) is 4. The van der Waals surface area contributed by atoms with Crippen LogP contribution < -0.4 is 0 Å². The van der Waals surface area contributed by atoms with Crippen LogP contribution in [0, 0.1) is 11.8 Å². The molecule has 162 valence electrons. The molecule has 3 unspecified atom stereocenters. The van der Waals surface area contributed by atoms with E-state index in [1.165, 1.54) is 12.0 Å². The van der Waals surface area contributed by atoms with Gasteiger partial charge in [-0.2, -0.15) is 0 Å². The summed E-state index contributed by atoms with van der Waals surface area (Å²) in [6.45, 7) is 13.2. The highest BCUT2D eigenvalue weighted by Crippen LogP contribution is 2.25. The summed E-state index contributed by atoms with van der Waals surface area (Å²) in [5.74, 6) is 1.54. The molecule has 1 aromatic carbocycles. The summed E-state index contributed by atoms with van der Waals surface area (Å²) in [7, 11) is 0. The molecule has 0 bridgehead atoms. The number of aromatic nitrogens is 1. The molecular weight excluding hydrogens is 392 g/mol. The zero-order valence-electron chi connectivity index (χ0n) is 18.5. The van der Waals surface area contributed by atoms with Gasteiger partial charge in [0, 0.05) is 56.8 Å². The van der Waals surface area contributed by atoms with Crippen molar-refractivity contribution in [1.82, 2.24) is 19.7 Å². The quantitative estimate of drug-likeness (QED) is 0.729. The fraction of sp³-hybridized carbons (Fsp3) is 0.583. The molecule has 2 saturated heterocycles. The summed E-state index contributed by atoms with van der Waals surface area (Å²) in [5.41, 5.74) is 2.33. The van der Waals surface area contributed by atoms with Gasteiger partial charge in [-0.05, 0) is 25.2 Å². The van der Waals surface area contributed by atoms with E-state index >= 15 is 0 Å². The summed E-state index contributed by atoms with van der Waals surface area (Å²) in [4.78, 5) is 24.8. The topological polar surface area (TPSA) is 39.7 Å². The van der Waals surface area contributed by atoms with E-state index in [4.69, 9.17) is 4.98 Å². The lowest BCUT2D eigenvalue weighted by Crippen LogP contribution is -2.56. The first kappa shape index (κ1) is 21.5. The van der Waals surface area contributed by atoms with Crippen molar-refractivity contribution in [2.75, 3.05) is 39.3 Å². The van der Waals surface area contributed by atoms with Gasteiger partial charge in [0.25, 0.3) is 0 Å². The Morgan fingerprint density at radius 1 is 1.10 bits per heavy atom. The molecule has 6 heteroatoms. The van der Waals surface area contributed by atoms with Crippen molar-refractivity contribution < 1.29 is 4.79 Å². The predicted octanol–water partition coefficient (Wildman–Crippen LogP) is 3.82. The van der Waals surface area contributed by atoms with E-state index < -0.39 is 0 Å². The third-order valence-electron chi connectivity index (χ3n) is 6.45. The van der Waals surface area contributed by atoms with Crippen LogP contribution in [0.25, 0.3) is 10.6 Å². The van der Waals surface area contributed by atoms with Gasteiger partial charge in [0.1, 0.15) is 5.01 Å². The van der Waals surface area contributed by atoms with Crippen LogP contribution in [0.4, 0.5) is 0 Å². The summed E-state index contributed by atoms with van der Waals surface area (Å²) in [5, 5.41) is 3.27. The van der Waals surface area contributed by atoms with Crippen molar-refractivity contribution in [1.29, 1.82) is 0 Å². The van der Waals surface area contributed by atoms with Gasteiger partial charge in [-0.25, -0.2) is 4.98 Å². The van der Waals surface area contributed by atoms with E-state index in [9.17, 15) is 4.79 Å². The van der Waals surface area contributed by atoms with Crippen LogP contribution in [0.3, 0.4) is 0 Å². The number of hydrogen-bond donors (Lipinski definition) is 0. The smallest absolute Gasteiger partial charge is 0.239 e. The number of amides is 1. The van der Waals surface area contributed by atoms with Gasteiger partial charge in [0.2, 0.25) is 5.91 Å². The summed E-state index contributed by atoms with van der Waals surface area (Å²) < 4.78 is 0. The number of hydrogen-bond acceptors (Lipinski definition) is 5. The average Bonchev–Trinajstić information content (AvgIpc) is 3.22. The number of carbonyl (C=O) groups excluding carboxylic acids is 1. The Morgan fingerprint density at radius 2 is 1.77 bits per heavy atom. The van der Waals surface area contributed by atoms with Crippen molar-refractivity contribution in [2.45, 2.75) is 39.8 Å². The Labute approximate surface area is 184 Å². The molecule has 0 N–H and O–H groups in total. The third kappa shape index (κ3) is 5.10. The molecule has 1 amide bonds. The van der Waals surface area contributed by atoms with Crippen molar-refractivity contribution in [3.8, 4) is 10.6 Å². The van der Waals surface area contributed by atoms with Gasteiger partial charge in [-0.3, -0.25) is 14.6 Å². The predicted molar refractivity (Wildman–Crippen MR) is 123 cm³/mol. The van der Waals surface area contributed by atoms with Crippen LogP contribution in [-0.4, -0.2) is 70.9 Å². The molecule has 2 fully saturated rings. The zero-order valence-corrected chi connectivity index (χ0v) is 19.3. The second-order valence-corrected chi connectivity index (χ2v) is 10.0. The van der Waals surface area contributed by atoms with Crippen LogP contribution in [0.1, 0.15) is 32.9 Å². The standard InChI is InChI=1S/C24H34N4OS/c1-18-13-19(2)15-28(14-18)24(29)20(3)27-11-9-26(10-12-27)16-22-17-30-23(25-22)21-7-5-4-6-8-21/h4-8,17-20H,9-16H2,1-3H3. The van der Waals surface area contributed by atoms with Crippen molar-refractivity contribution in [3.05, 3.63) is 41.4 Å². The third-order valence-corrected chi connectivity index (χ3v) is 7.39. The minimum Gasteiger partial charge on any atom is -0.341 e. The molecule has 2 aromatic rings. The van der Waals surface area contributed by atoms with Gasteiger partial charge in [0.05, 0.1) is 11.7 Å². The van der Waals surface area contributed by atoms with Crippen molar-refractivity contribution in [3.63, 3.8) is 0 Å². The molecule has 2 aliphatic heterocycles. The lowest BCUT2D eigenvalue weighted by Gasteiger charge is -2.41. The molecule has 0 saturated carbocycles. The number of thiazole rings is 1. The van der Waals surface area contributed by atoms with E-state index in [1.807, 2.05) is 6.07 Å². The molecule has 4 rings (SSSR count). The highest BCUT2D eigenvalue weighted by molar-refractivity contribution is 7.13. The highest BCUT2D eigenvalue weighted by Gasteiger charge is 2.32. The number of rotatable bonds is 5. The Bertz CT molecular complexity index is 821. The van der Waals surface area contributed by atoms with Gasteiger partial charge in [-0.1, -0.05) is 44.2 Å². The first-order chi connectivity index (χ1) is 14.5. The van der Waals surface area contributed by atoms with E-state index in [0.29, 0.717) is 17.7 Å². The Kier molecular flexibility index (Phi) is 6.86. The Hall–Kier alpha value is -1.76. The monoisotopic (exact) mass is 426 g/mol. The molecule has 0 radical (unpaired) electrons. The lowest BCUT2D eigenvalue weighted by molar-refractivity contribution is -0.139. The van der Waals surface area contributed by atoms with Crippen LogP contribution in [0.15, 0.2) is 35.7 Å². The SMILES string of the molecule is CC1CC(C)CN(C(=O)C(C)N2CCN(Cc3csc(-c4ccccc4)n3)CC2)C1. The van der Waals surface area contributed by atoms with E-state index in [1.54, 1.807) is 11.3 Å². The Morgan fingerprint density at radius 3 is 2.43 bits per heavy atom. The molecule has 5 nitrogen and oxygen atoms in total. The minimum atomic E-state index is -0.0198. The molecule has 3 atom stereocenters. The fourth-order valence-corrected chi connectivity index (χ4v) is 5.71. The van der Waals surface area contributed by atoms with Crippen LogP contribution in [0.2, 0.25) is 0 Å². The number of benzene rings is 1. The molecule has 3 heterocycles. The number of piperidine rings is 1. The van der Waals surface area contributed by atoms with E-state index in [2.05, 4.69) is 65.1 Å². The molecular formula is C24H34N4OS. The largest absolute Gasteiger partial charge is 0.341 e. The average molecular weight is 427 g/mol. The first-order valence-electron chi connectivity index (χ1n) is 11.2. The normalized spacial score (nSPS) is 24.7. The second kappa shape index (κ2) is 9.58. The summed E-state index contributed by atoms with van der Waals surface area (Å²) >= 11 is 1.72. The van der Waals surface area contributed by atoms with Gasteiger partial charge in [0.15, 0.2) is 0 Å². The van der Waals surface area contributed by atoms with Gasteiger partial charge < -0.3 is 4.90 Å². The number of likely N-dealkylation sites (tertiary alicyclic amines) is 1. The molecule has 0 spiro atoms. The maximum absolute atomic E-state index is 13.1. The molecule has 30 heavy (non-hydrogen) atoms. The van der Waals surface area contributed by atoms with Crippen LogP contribution >= 0.6 is 11.3 Å². The van der Waals surface area contributed by atoms with Crippen LogP contribution in [0.5, 0.6) is 0 Å². The van der Waals surface area contributed by atoms with Crippen molar-refractivity contribution in [2.24, 2.45) is 11.8 Å². The molecule has 2 aliphatic rings. The Balaban J connectivity index is 1.28. The van der Waals surface area contributed by atoms with Gasteiger partial charge in [-0.15, -0.1) is 11.3 Å². The fourth-order valence-electron chi connectivity index (χ4n) is 4.89. The molecule has 0 aliphatic carbocycles. The van der Waals surface area contributed by atoms with E-state index in [-0.39, 0.29) is 6.04 Å². The second-order valence-electron chi connectivity index (χ2n) is 9.19. The van der Waals surface area contributed by atoms with Gasteiger partial charge >= 0.3 is 0 Å². The van der Waals surface area contributed by atoms with Crippen molar-refractivity contribution >= 4 is 17.2 Å².